The standard InChI is InChI=1S/C16H25ClN2/c1-13(2)16(18,12-19-10-4-3-5-11-19)14-6-8-15(17)9-7-14/h6-9,13H,3-5,10-12,18H2,1-2H3. The summed E-state index contributed by atoms with van der Waals surface area (Å²) in [4.78, 5) is 2.51. The normalized spacial score (nSPS) is 20.5. The van der Waals surface area contributed by atoms with Crippen LogP contribution in [0.2, 0.25) is 5.02 Å². The lowest BCUT2D eigenvalue weighted by Gasteiger charge is -2.40. The average Bonchev–Trinajstić information content (AvgIpc) is 2.40. The Hall–Kier alpha value is -0.570. The molecule has 2 N–H and O–H groups in total. The number of hydrogen-bond donors (Lipinski definition) is 1. The van der Waals surface area contributed by atoms with Crippen molar-refractivity contribution < 1.29 is 0 Å². The van der Waals surface area contributed by atoms with Gasteiger partial charge in [0.2, 0.25) is 0 Å². The van der Waals surface area contributed by atoms with Crippen molar-refractivity contribution in [2.75, 3.05) is 19.6 Å². The molecular weight excluding hydrogens is 256 g/mol. The van der Waals surface area contributed by atoms with E-state index in [9.17, 15) is 0 Å². The molecule has 1 aromatic carbocycles. The minimum absolute atomic E-state index is 0.290. The summed E-state index contributed by atoms with van der Waals surface area (Å²) in [6.07, 6.45) is 3.96. The highest BCUT2D eigenvalue weighted by Gasteiger charge is 2.33. The number of halogens is 1. The van der Waals surface area contributed by atoms with Crippen LogP contribution in [-0.2, 0) is 5.54 Å². The first-order chi connectivity index (χ1) is 9.02. The van der Waals surface area contributed by atoms with Crippen LogP contribution in [0.3, 0.4) is 0 Å². The van der Waals surface area contributed by atoms with E-state index in [-0.39, 0.29) is 5.54 Å². The van der Waals surface area contributed by atoms with Gasteiger partial charge >= 0.3 is 0 Å². The van der Waals surface area contributed by atoms with E-state index in [1.54, 1.807) is 0 Å². The molecule has 1 unspecified atom stereocenters. The zero-order valence-corrected chi connectivity index (χ0v) is 12.8. The molecule has 106 valence electrons. The Morgan fingerprint density at radius 3 is 2.26 bits per heavy atom. The minimum atomic E-state index is -0.290. The Bertz CT molecular complexity index is 396. The summed E-state index contributed by atoms with van der Waals surface area (Å²) in [6.45, 7) is 7.71. The van der Waals surface area contributed by atoms with E-state index >= 15 is 0 Å². The Kier molecular flexibility index (Phi) is 4.88. The van der Waals surface area contributed by atoms with Crippen LogP contribution in [-0.4, -0.2) is 24.5 Å². The number of likely N-dealkylation sites (tertiary alicyclic amines) is 1. The van der Waals surface area contributed by atoms with Gasteiger partial charge in [-0.05, 0) is 49.5 Å². The van der Waals surface area contributed by atoms with Crippen molar-refractivity contribution in [2.45, 2.75) is 38.6 Å². The predicted octanol–water partition coefficient (Wildman–Crippen LogP) is 3.64. The number of piperidine rings is 1. The smallest absolute Gasteiger partial charge is 0.0561 e. The first-order valence-electron chi connectivity index (χ1n) is 7.29. The van der Waals surface area contributed by atoms with Gasteiger partial charge in [0.1, 0.15) is 0 Å². The Morgan fingerprint density at radius 1 is 1.16 bits per heavy atom. The highest BCUT2D eigenvalue weighted by atomic mass is 35.5. The van der Waals surface area contributed by atoms with E-state index in [1.165, 1.54) is 37.9 Å². The molecule has 1 saturated heterocycles. The van der Waals surface area contributed by atoms with Gasteiger partial charge in [-0.25, -0.2) is 0 Å². The maximum absolute atomic E-state index is 6.76. The molecule has 2 rings (SSSR count). The molecule has 3 heteroatoms. The number of rotatable bonds is 4. The fourth-order valence-corrected chi connectivity index (χ4v) is 2.98. The first-order valence-corrected chi connectivity index (χ1v) is 7.67. The molecule has 1 atom stereocenters. The second kappa shape index (κ2) is 6.25. The quantitative estimate of drug-likeness (QED) is 0.912. The van der Waals surface area contributed by atoms with Crippen molar-refractivity contribution in [3.8, 4) is 0 Å². The molecule has 1 aliphatic heterocycles. The summed E-state index contributed by atoms with van der Waals surface area (Å²) >= 11 is 5.98. The molecule has 1 aliphatic rings. The van der Waals surface area contributed by atoms with Crippen LogP contribution in [0.25, 0.3) is 0 Å². The van der Waals surface area contributed by atoms with E-state index in [2.05, 4.69) is 30.9 Å². The van der Waals surface area contributed by atoms with Crippen molar-refractivity contribution in [3.63, 3.8) is 0 Å². The lowest BCUT2D eigenvalue weighted by Crippen LogP contribution is -2.52. The highest BCUT2D eigenvalue weighted by Crippen LogP contribution is 2.30. The van der Waals surface area contributed by atoms with Crippen LogP contribution in [0.1, 0.15) is 38.7 Å². The van der Waals surface area contributed by atoms with E-state index < -0.39 is 0 Å². The van der Waals surface area contributed by atoms with E-state index in [0.29, 0.717) is 5.92 Å². The van der Waals surface area contributed by atoms with Gasteiger partial charge in [-0.1, -0.05) is 44.0 Å². The molecule has 1 aromatic rings. The zero-order valence-electron chi connectivity index (χ0n) is 12.0. The predicted molar refractivity (Wildman–Crippen MR) is 82.4 cm³/mol. The fraction of sp³-hybridized carbons (Fsp3) is 0.625. The van der Waals surface area contributed by atoms with Gasteiger partial charge in [0.05, 0.1) is 5.54 Å². The maximum atomic E-state index is 6.76. The van der Waals surface area contributed by atoms with Crippen LogP contribution in [0.4, 0.5) is 0 Å². The topological polar surface area (TPSA) is 29.3 Å². The van der Waals surface area contributed by atoms with Crippen molar-refractivity contribution >= 4 is 11.6 Å². The number of nitrogens with two attached hydrogens (primary N) is 1. The van der Waals surface area contributed by atoms with Gasteiger partial charge in [-0.15, -0.1) is 0 Å². The van der Waals surface area contributed by atoms with E-state index in [0.717, 1.165) is 11.6 Å². The second-order valence-corrected chi connectivity index (χ2v) is 6.48. The SMILES string of the molecule is CC(C)C(N)(CN1CCCCC1)c1ccc(Cl)cc1. The molecular formula is C16H25ClN2. The lowest BCUT2D eigenvalue weighted by atomic mass is 9.80. The van der Waals surface area contributed by atoms with Crippen LogP contribution in [0, 0.1) is 5.92 Å². The maximum Gasteiger partial charge on any atom is 0.0561 e. The molecule has 0 saturated carbocycles. The summed E-state index contributed by atoms with van der Waals surface area (Å²) < 4.78 is 0. The van der Waals surface area contributed by atoms with Gasteiger partial charge in [-0.3, -0.25) is 0 Å². The van der Waals surface area contributed by atoms with Gasteiger partial charge < -0.3 is 10.6 Å². The third-order valence-electron chi connectivity index (χ3n) is 4.35. The highest BCUT2D eigenvalue weighted by molar-refractivity contribution is 6.30. The first kappa shape index (κ1) is 14.8. The van der Waals surface area contributed by atoms with E-state index in [1.807, 2.05) is 12.1 Å². The third kappa shape index (κ3) is 3.50. The third-order valence-corrected chi connectivity index (χ3v) is 4.60. The monoisotopic (exact) mass is 280 g/mol. The van der Waals surface area contributed by atoms with Crippen LogP contribution < -0.4 is 5.73 Å². The Labute approximate surface area is 121 Å². The molecule has 1 fully saturated rings. The number of hydrogen-bond acceptors (Lipinski definition) is 2. The summed E-state index contributed by atoms with van der Waals surface area (Å²) in [6, 6.07) is 8.03. The lowest BCUT2D eigenvalue weighted by molar-refractivity contribution is 0.149. The largest absolute Gasteiger partial charge is 0.320 e. The van der Waals surface area contributed by atoms with Crippen LogP contribution >= 0.6 is 11.6 Å². The van der Waals surface area contributed by atoms with Gasteiger partial charge in [-0.2, -0.15) is 0 Å². The summed E-state index contributed by atoms with van der Waals surface area (Å²) in [7, 11) is 0. The van der Waals surface area contributed by atoms with Gasteiger partial charge in [0, 0.05) is 11.6 Å². The molecule has 0 aliphatic carbocycles. The molecule has 1 heterocycles. The average molecular weight is 281 g/mol. The van der Waals surface area contributed by atoms with Crippen molar-refractivity contribution in [2.24, 2.45) is 11.7 Å². The fourth-order valence-electron chi connectivity index (χ4n) is 2.85. The molecule has 0 spiro atoms. The summed E-state index contributed by atoms with van der Waals surface area (Å²) in [5.74, 6) is 0.399. The minimum Gasteiger partial charge on any atom is -0.320 e. The number of nitrogens with zero attached hydrogens (tertiary/aromatic N) is 1. The van der Waals surface area contributed by atoms with E-state index in [4.69, 9.17) is 17.3 Å². The number of benzene rings is 1. The van der Waals surface area contributed by atoms with Crippen molar-refractivity contribution in [1.82, 2.24) is 4.90 Å². The summed E-state index contributed by atoms with van der Waals surface area (Å²) in [5.41, 5.74) is 7.66. The van der Waals surface area contributed by atoms with Crippen LogP contribution in [0.5, 0.6) is 0 Å². The summed E-state index contributed by atoms with van der Waals surface area (Å²) in [5, 5.41) is 0.771. The zero-order chi connectivity index (χ0) is 13.9. The Morgan fingerprint density at radius 2 is 1.74 bits per heavy atom. The van der Waals surface area contributed by atoms with Gasteiger partial charge in [0.25, 0.3) is 0 Å². The molecule has 0 radical (unpaired) electrons. The van der Waals surface area contributed by atoms with Gasteiger partial charge in [0.15, 0.2) is 0 Å². The van der Waals surface area contributed by atoms with Crippen molar-refractivity contribution in [1.29, 1.82) is 0 Å². The Balaban J connectivity index is 2.18. The molecule has 0 bridgehead atoms. The molecule has 0 amide bonds. The molecule has 19 heavy (non-hydrogen) atoms. The second-order valence-electron chi connectivity index (χ2n) is 6.04. The van der Waals surface area contributed by atoms with Crippen LogP contribution in [0.15, 0.2) is 24.3 Å². The van der Waals surface area contributed by atoms with Crippen molar-refractivity contribution in [3.05, 3.63) is 34.9 Å². The molecule has 0 aromatic heterocycles. The molecule has 2 nitrogen and oxygen atoms in total.